The predicted octanol–water partition coefficient (Wildman–Crippen LogP) is 7.85. The van der Waals surface area contributed by atoms with Crippen LogP contribution in [0.2, 0.25) is 0 Å². The summed E-state index contributed by atoms with van der Waals surface area (Å²) in [6, 6.07) is 37.3. The first-order chi connectivity index (χ1) is 18.6. The maximum absolute atomic E-state index is 6.90. The third kappa shape index (κ3) is 4.88. The Morgan fingerprint density at radius 2 is 1.13 bits per heavy atom. The highest BCUT2D eigenvalue weighted by atomic mass is 31.1. The number of hydrogen-bond acceptors (Lipinski definition) is 4. The van der Waals surface area contributed by atoms with Gasteiger partial charge in [-0.2, -0.15) is 0 Å². The minimum absolute atomic E-state index is 0.0768. The third-order valence-electron chi connectivity index (χ3n) is 7.41. The Balaban J connectivity index is 1.31. The van der Waals surface area contributed by atoms with Crippen molar-refractivity contribution < 1.29 is 18.3 Å². The van der Waals surface area contributed by atoms with Crippen LogP contribution in [0, 0.1) is 0 Å². The molecule has 0 bridgehead atoms. The Kier molecular flexibility index (Phi) is 7.25. The average molecular weight is 543 g/mol. The van der Waals surface area contributed by atoms with Crippen LogP contribution in [0.3, 0.4) is 0 Å². The van der Waals surface area contributed by atoms with Crippen LogP contribution in [0.25, 0.3) is 0 Å². The lowest BCUT2D eigenvalue weighted by molar-refractivity contribution is 0.0638. The lowest BCUT2D eigenvalue weighted by Crippen LogP contribution is -2.46. The highest BCUT2D eigenvalue weighted by Crippen LogP contribution is 2.57. The van der Waals surface area contributed by atoms with Gasteiger partial charge in [-0.3, -0.25) is 0 Å². The van der Waals surface area contributed by atoms with Crippen LogP contribution in [0.15, 0.2) is 109 Å². The molecule has 3 unspecified atom stereocenters. The Labute approximate surface area is 228 Å². The normalized spacial score (nSPS) is 22.4. The Hall–Kier alpha value is -2.74. The van der Waals surface area contributed by atoms with E-state index < -0.39 is 10.8 Å². The molecule has 1 spiro atoms. The van der Waals surface area contributed by atoms with Gasteiger partial charge < -0.3 is 18.3 Å². The van der Waals surface area contributed by atoms with Crippen LogP contribution in [0.5, 0.6) is 11.5 Å². The third-order valence-corrected chi connectivity index (χ3v) is 9.10. The molecule has 6 rings (SSSR count). The summed E-state index contributed by atoms with van der Waals surface area (Å²) in [5, 5.41) is -0.468. The average Bonchev–Trinajstić information content (AvgIpc) is 3.45. The van der Waals surface area contributed by atoms with Crippen molar-refractivity contribution >= 4 is 17.8 Å². The monoisotopic (exact) mass is 542 g/mol. The van der Waals surface area contributed by atoms with E-state index in [2.05, 4.69) is 62.4 Å². The fraction of sp³-hybridized carbons (Fsp3) is 0.250. The largest absolute Gasteiger partial charge is 0.481 e. The van der Waals surface area contributed by atoms with Crippen LogP contribution >= 0.6 is 17.8 Å². The molecule has 0 radical (unpaired) electrons. The topological polar surface area (TPSA) is 36.9 Å². The molecule has 0 N–H and O–H groups in total. The number of rotatable bonds is 9. The second kappa shape index (κ2) is 10.8. The molecule has 6 heteroatoms. The van der Waals surface area contributed by atoms with Gasteiger partial charge in [0.1, 0.15) is 16.8 Å². The van der Waals surface area contributed by atoms with Gasteiger partial charge in [-0.15, -0.1) is 0 Å². The molecular weight excluding hydrogens is 510 g/mol. The summed E-state index contributed by atoms with van der Waals surface area (Å²) < 4.78 is 25.9. The van der Waals surface area contributed by atoms with E-state index >= 15 is 0 Å². The summed E-state index contributed by atoms with van der Waals surface area (Å²) in [4.78, 5) is 0. The van der Waals surface area contributed by atoms with E-state index in [1.807, 2.05) is 60.7 Å². The highest BCUT2D eigenvalue weighted by Gasteiger charge is 2.59. The quantitative estimate of drug-likeness (QED) is 0.202. The summed E-state index contributed by atoms with van der Waals surface area (Å²) >= 11 is 0. The molecule has 0 aromatic heterocycles. The number of ether oxygens (including phenoxy) is 1. The summed E-state index contributed by atoms with van der Waals surface area (Å²) in [6.07, 6.45) is 1.48. The van der Waals surface area contributed by atoms with Crippen LogP contribution in [0.4, 0.5) is 0 Å². The SMILES string of the molecule is CC(C)(Oc1ccccc1)POC1Cc2ccccc2[C@]12c1ccccc1C[C@H]2OPOc1ccccc1. The van der Waals surface area contributed by atoms with Gasteiger partial charge in [-0.25, -0.2) is 0 Å². The van der Waals surface area contributed by atoms with E-state index in [-0.39, 0.29) is 30.1 Å². The molecular formula is C32H32O4P2. The Morgan fingerprint density at radius 3 is 1.74 bits per heavy atom. The molecule has 0 saturated carbocycles. The predicted molar refractivity (Wildman–Crippen MR) is 156 cm³/mol. The fourth-order valence-corrected chi connectivity index (χ4v) is 7.40. The molecule has 0 amide bonds. The van der Waals surface area contributed by atoms with Crippen molar-refractivity contribution in [3.05, 3.63) is 131 Å². The van der Waals surface area contributed by atoms with E-state index in [1.165, 1.54) is 22.3 Å². The van der Waals surface area contributed by atoms with Gasteiger partial charge in [0.05, 0.1) is 26.4 Å². The number of para-hydroxylation sites is 2. The van der Waals surface area contributed by atoms with Gasteiger partial charge in [-0.05, 0) is 60.4 Å². The van der Waals surface area contributed by atoms with Crippen LogP contribution in [-0.4, -0.2) is 17.6 Å². The molecule has 38 heavy (non-hydrogen) atoms. The van der Waals surface area contributed by atoms with E-state index in [1.54, 1.807) is 0 Å². The summed E-state index contributed by atoms with van der Waals surface area (Å²) in [5.41, 5.74) is 4.83. The van der Waals surface area contributed by atoms with E-state index in [9.17, 15) is 0 Å². The van der Waals surface area contributed by atoms with Gasteiger partial charge in [-0.1, -0.05) is 84.9 Å². The van der Waals surface area contributed by atoms with Crippen LogP contribution in [-0.2, 0) is 27.3 Å². The van der Waals surface area contributed by atoms with Crippen molar-refractivity contribution in [3.63, 3.8) is 0 Å². The minimum atomic E-state index is -0.468. The molecule has 2 aliphatic rings. The van der Waals surface area contributed by atoms with Gasteiger partial charge in [0, 0.05) is 12.8 Å². The summed E-state index contributed by atoms with van der Waals surface area (Å²) in [7, 11) is 0.0400. The molecule has 0 fully saturated rings. The zero-order valence-corrected chi connectivity index (χ0v) is 23.6. The molecule has 0 saturated heterocycles. The summed E-state index contributed by atoms with van der Waals surface area (Å²) in [6.45, 7) is 4.19. The maximum Gasteiger partial charge on any atom is 0.215 e. The minimum Gasteiger partial charge on any atom is -0.481 e. The van der Waals surface area contributed by atoms with Crippen molar-refractivity contribution in [2.24, 2.45) is 0 Å². The van der Waals surface area contributed by atoms with Crippen molar-refractivity contribution in [1.29, 1.82) is 0 Å². The molecule has 4 nitrogen and oxygen atoms in total. The maximum atomic E-state index is 6.90. The van der Waals surface area contributed by atoms with Gasteiger partial charge in [0.15, 0.2) is 0 Å². The van der Waals surface area contributed by atoms with Crippen molar-refractivity contribution in [2.45, 2.75) is 49.7 Å². The van der Waals surface area contributed by atoms with Crippen LogP contribution < -0.4 is 9.26 Å². The molecule has 0 heterocycles. The molecule has 4 aromatic rings. The van der Waals surface area contributed by atoms with Gasteiger partial charge in [0.25, 0.3) is 0 Å². The Bertz CT molecular complexity index is 1370. The van der Waals surface area contributed by atoms with Crippen molar-refractivity contribution in [2.75, 3.05) is 0 Å². The molecule has 0 aliphatic heterocycles. The molecule has 2 aliphatic carbocycles. The first kappa shape index (κ1) is 25.5. The number of hydrogen-bond donors (Lipinski definition) is 0. The van der Waals surface area contributed by atoms with Gasteiger partial charge in [0.2, 0.25) is 9.03 Å². The second-order valence-electron chi connectivity index (χ2n) is 10.3. The van der Waals surface area contributed by atoms with Crippen molar-refractivity contribution in [1.82, 2.24) is 0 Å². The van der Waals surface area contributed by atoms with E-state index in [0.717, 1.165) is 24.3 Å². The van der Waals surface area contributed by atoms with E-state index in [0.29, 0.717) is 0 Å². The fourth-order valence-electron chi connectivity index (χ4n) is 5.88. The van der Waals surface area contributed by atoms with Gasteiger partial charge >= 0.3 is 0 Å². The standard InChI is InChI=1S/C32H32O4P2/c1-31(2,33-25-15-5-3-6-16-25)37-35-29-21-23-13-9-11-19-27(23)32(29)28-20-12-10-14-24(28)22-30(32)36-38-34-26-17-7-4-8-18-26/h3-20,29-30,37-38H,21-22H2,1-2H3/t29?,30-,32+/m1/s1. The van der Waals surface area contributed by atoms with Crippen LogP contribution in [0.1, 0.15) is 36.1 Å². The number of benzene rings is 4. The first-order valence-corrected chi connectivity index (χ1v) is 14.7. The second-order valence-corrected chi connectivity index (χ2v) is 12.6. The first-order valence-electron chi connectivity index (χ1n) is 13.0. The molecule has 4 aromatic carbocycles. The smallest absolute Gasteiger partial charge is 0.215 e. The highest BCUT2D eigenvalue weighted by molar-refractivity contribution is 7.34. The zero-order valence-electron chi connectivity index (χ0n) is 21.6. The lowest BCUT2D eigenvalue weighted by Gasteiger charge is -2.39. The molecule has 5 atom stereocenters. The van der Waals surface area contributed by atoms with Crippen molar-refractivity contribution in [3.8, 4) is 11.5 Å². The molecule has 194 valence electrons. The number of fused-ring (bicyclic) bond motifs is 4. The lowest BCUT2D eigenvalue weighted by atomic mass is 9.73. The zero-order chi connectivity index (χ0) is 26.0. The Morgan fingerprint density at radius 1 is 0.632 bits per heavy atom. The van der Waals surface area contributed by atoms with E-state index in [4.69, 9.17) is 18.3 Å². The summed E-state index contributed by atoms with van der Waals surface area (Å²) in [5.74, 6) is 1.67.